The van der Waals surface area contributed by atoms with Crippen LogP contribution in [0.1, 0.15) is 13.3 Å². The van der Waals surface area contributed by atoms with Gasteiger partial charge in [0.25, 0.3) is 0 Å². The molecule has 0 bridgehead atoms. The zero-order valence-corrected chi connectivity index (χ0v) is 13.6. The summed E-state index contributed by atoms with van der Waals surface area (Å²) in [4.78, 5) is 11.9. The van der Waals surface area contributed by atoms with E-state index in [0.29, 0.717) is 19.1 Å². The molecule has 6 nitrogen and oxygen atoms in total. The average Bonchev–Trinajstić information content (AvgIpc) is 3.27. The molecule has 23 heavy (non-hydrogen) atoms. The third-order valence-electron chi connectivity index (χ3n) is 4.25. The maximum absolute atomic E-state index is 13.9. The Labute approximate surface area is 134 Å². The number of nitrogens with one attached hydrogen (secondary N) is 1. The standard InChI is InChI=1S/C15H19FN2O4S/c1-10-8-12(10)15(19)17-14-9-11(2-3-13(14)16)23(20,21)18-4-6-22-7-5-18/h2-3,9-10,12H,4-8H2,1H3,(H,17,19). The van der Waals surface area contributed by atoms with Gasteiger partial charge in [-0.25, -0.2) is 12.8 Å². The zero-order valence-electron chi connectivity index (χ0n) is 12.8. The van der Waals surface area contributed by atoms with Gasteiger partial charge in [-0.1, -0.05) is 6.92 Å². The molecular weight excluding hydrogens is 323 g/mol. The molecule has 1 aliphatic heterocycles. The van der Waals surface area contributed by atoms with Crippen LogP contribution >= 0.6 is 0 Å². The van der Waals surface area contributed by atoms with Gasteiger partial charge in [0.2, 0.25) is 15.9 Å². The Balaban J connectivity index is 1.83. The molecule has 126 valence electrons. The van der Waals surface area contributed by atoms with Crippen LogP contribution < -0.4 is 5.32 Å². The van der Waals surface area contributed by atoms with Crippen molar-refractivity contribution in [2.45, 2.75) is 18.2 Å². The highest BCUT2D eigenvalue weighted by Gasteiger charge is 2.39. The number of morpholine rings is 1. The number of hydrogen-bond acceptors (Lipinski definition) is 4. The van der Waals surface area contributed by atoms with Gasteiger partial charge in [-0.3, -0.25) is 4.79 Å². The van der Waals surface area contributed by atoms with Crippen molar-refractivity contribution in [2.75, 3.05) is 31.6 Å². The lowest BCUT2D eigenvalue weighted by Crippen LogP contribution is -2.40. The first-order valence-corrected chi connectivity index (χ1v) is 9.02. The number of rotatable bonds is 4. The number of anilines is 1. The number of hydrogen-bond donors (Lipinski definition) is 1. The van der Waals surface area contributed by atoms with Crippen molar-refractivity contribution < 1.29 is 22.3 Å². The Bertz CT molecular complexity index is 716. The second-order valence-electron chi connectivity index (χ2n) is 5.97. The predicted molar refractivity (Wildman–Crippen MR) is 81.9 cm³/mol. The molecule has 1 amide bonds. The lowest BCUT2D eigenvalue weighted by Gasteiger charge is -2.26. The molecule has 2 atom stereocenters. The van der Waals surface area contributed by atoms with Gasteiger partial charge in [-0.05, 0) is 30.5 Å². The van der Waals surface area contributed by atoms with Crippen LogP contribution in [-0.2, 0) is 19.6 Å². The van der Waals surface area contributed by atoms with Crippen molar-refractivity contribution in [3.63, 3.8) is 0 Å². The Morgan fingerprint density at radius 3 is 2.61 bits per heavy atom. The Kier molecular flexibility index (Phi) is 4.39. The Morgan fingerprint density at radius 1 is 1.35 bits per heavy atom. The van der Waals surface area contributed by atoms with Crippen LogP contribution in [0.2, 0.25) is 0 Å². The molecule has 1 aliphatic carbocycles. The van der Waals surface area contributed by atoms with E-state index >= 15 is 0 Å². The largest absolute Gasteiger partial charge is 0.379 e. The Hall–Kier alpha value is -1.51. The van der Waals surface area contributed by atoms with Gasteiger partial charge in [0, 0.05) is 19.0 Å². The summed E-state index contributed by atoms with van der Waals surface area (Å²) < 4.78 is 45.5. The molecule has 8 heteroatoms. The molecule has 1 saturated heterocycles. The van der Waals surface area contributed by atoms with Gasteiger partial charge in [0.1, 0.15) is 5.82 Å². The first-order valence-electron chi connectivity index (χ1n) is 7.58. The van der Waals surface area contributed by atoms with Crippen LogP contribution in [0.3, 0.4) is 0 Å². The fourth-order valence-electron chi connectivity index (χ4n) is 2.61. The molecular formula is C15H19FN2O4S. The number of carbonyl (C=O) groups is 1. The Morgan fingerprint density at radius 2 is 2.00 bits per heavy atom. The minimum Gasteiger partial charge on any atom is -0.379 e. The molecule has 1 aromatic carbocycles. The van der Waals surface area contributed by atoms with E-state index in [2.05, 4.69) is 5.32 Å². The van der Waals surface area contributed by atoms with Crippen LogP contribution in [0.25, 0.3) is 0 Å². The molecule has 0 radical (unpaired) electrons. The maximum Gasteiger partial charge on any atom is 0.243 e. The summed E-state index contributed by atoms with van der Waals surface area (Å²) in [6, 6.07) is 3.47. The number of benzene rings is 1. The lowest BCUT2D eigenvalue weighted by molar-refractivity contribution is -0.117. The minimum atomic E-state index is -3.72. The monoisotopic (exact) mass is 342 g/mol. The first kappa shape index (κ1) is 16.4. The lowest BCUT2D eigenvalue weighted by atomic mass is 10.2. The summed E-state index contributed by atoms with van der Waals surface area (Å²) in [5, 5.41) is 2.50. The summed E-state index contributed by atoms with van der Waals surface area (Å²) >= 11 is 0. The highest BCUT2D eigenvalue weighted by molar-refractivity contribution is 7.89. The third-order valence-corrected chi connectivity index (χ3v) is 6.14. The molecule has 0 spiro atoms. The summed E-state index contributed by atoms with van der Waals surface area (Å²) in [7, 11) is -3.72. The van der Waals surface area contributed by atoms with Gasteiger partial charge < -0.3 is 10.1 Å². The molecule has 1 heterocycles. The molecule has 2 aliphatic rings. The quantitative estimate of drug-likeness (QED) is 0.898. The highest BCUT2D eigenvalue weighted by atomic mass is 32.2. The fourth-order valence-corrected chi connectivity index (χ4v) is 4.04. The van der Waals surface area contributed by atoms with Crippen molar-refractivity contribution in [3.05, 3.63) is 24.0 Å². The molecule has 1 aromatic rings. The smallest absolute Gasteiger partial charge is 0.243 e. The second-order valence-corrected chi connectivity index (χ2v) is 7.90. The van der Waals surface area contributed by atoms with E-state index in [0.717, 1.165) is 12.5 Å². The van der Waals surface area contributed by atoms with E-state index in [1.54, 1.807) is 0 Å². The van der Waals surface area contributed by atoms with E-state index < -0.39 is 15.8 Å². The molecule has 3 rings (SSSR count). The van der Waals surface area contributed by atoms with Crippen molar-refractivity contribution in [1.82, 2.24) is 4.31 Å². The summed E-state index contributed by atoms with van der Waals surface area (Å²) in [5.74, 6) is -0.739. The fraction of sp³-hybridized carbons (Fsp3) is 0.533. The number of halogens is 1. The van der Waals surface area contributed by atoms with Gasteiger partial charge in [-0.2, -0.15) is 4.31 Å². The molecule has 1 saturated carbocycles. The van der Waals surface area contributed by atoms with E-state index in [4.69, 9.17) is 4.74 Å². The van der Waals surface area contributed by atoms with E-state index in [-0.39, 0.29) is 35.5 Å². The van der Waals surface area contributed by atoms with Crippen LogP contribution in [0.5, 0.6) is 0 Å². The van der Waals surface area contributed by atoms with Gasteiger partial charge in [-0.15, -0.1) is 0 Å². The molecule has 0 aromatic heterocycles. The first-order chi connectivity index (χ1) is 10.9. The van der Waals surface area contributed by atoms with Crippen LogP contribution in [0.15, 0.2) is 23.1 Å². The van der Waals surface area contributed by atoms with E-state index in [1.807, 2.05) is 6.92 Å². The van der Waals surface area contributed by atoms with Crippen molar-refractivity contribution in [1.29, 1.82) is 0 Å². The highest BCUT2D eigenvalue weighted by Crippen LogP contribution is 2.38. The summed E-state index contributed by atoms with van der Waals surface area (Å²) in [6.07, 6.45) is 0.777. The van der Waals surface area contributed by atoms with Gasteiger partial charge in [0.15, 0.2) is 0 Å². The van der Waals surface area contributed by atoms with E-state index in [9.17, 15) is 17.6 Å². The number of ether oxygens (including phenoxy) is 1. The second kappa shape index (κ2) is 6.18. The van der Waals surface area contributed by atoms with Gasteiger partial charge in [0.05, 0.1) is 23.8 Å². The minimum absolute atomic E-state index is 0.0278. The summed E-state index contributed by atoms with van der Waals surface area (Å²) in [5.41, 5.74) is -0.0940. The van der Waals surface area contributed by atoms with E-state index in [1.165, 1.54) is 16.4 Å². The predicted octanol–water partition coefficient (Wildman–Crippen LogP) is 1.44. The van der Waals surface area contributed by atoms with Crippen molar-refractivity contribution >= 4 is 21.6 Å². The van der Waals surface area contributed by atoms with Gasteiger partial charge >= 0.3 is 0 Å². The average molecular weight is 342 g/mol. The summed E-state index contributed by atoms with van der Waals surface area (Å²) in [6.45, 7) is 3.15. The normalized spacial score (nSPS) is 25.1. The third kappa shape index (κ3) is 3.39. The van der Waals surface area contributed by atoms with Crippen LogP contribution in [0, 0.1) is 17.7 Å². The van der Waals surface area contributed by atoms with Crippen molar-refractivity contribution in [2.24, 2.45) is 11.8 Å². The number of nitrogens with zero attached hydrogens (tertiary/aromatic N) is 1. The molecule has 2 unspecified atom stereocenters. The topological polar surface area (TPSA) is 75.7 Å². The molecule has 1 N–H and O–H groups in total. The SMILES string of the molecule is CC1CC1C(=O)Nc1cc(S(=O)(=O)N2CCOCC2)ccc1F. The molecule has 2 fully saturated rings. The van der Waals surface area contributed by atoms with Crippen molar-refractivity contribution in [3.8, 4) is 0 Å². The van der Waals surface area contributed by atoms with Crippen LogP contribution in [0.4, 0.5) is 10.1 Å². The zero-order chi connectivity index (χ0) is 16.6. The number of amides is 1. The maximum atomic E-state index is 13.9. The number of sulfonamides is 1. The van der Waals surface area contributed by atoms with Crippen LogP contribution in [-0.4, -0.2) is 44.9 Å². The number of carbonyl (C=O) groups excluding carboxylic acids is 1.